The smallest absolute Gasteiger partial charge is 0.168 e. The molecule has 102 valence electrons. The third kappa shape index (κ3) is 3.31. The summed E-state index contributed by atoms with van der Waals surface area (Å²) in [7, 11) is 0. The molecule has 0 fully saturated rings. The Morgan fingerprint density at radius 1 is 1.32 bits per heavy atom. The van der Waals surface area contributed by atoms with E-state index < -0.39 is 0 Å². The van der Waals surface area contributed by atoms with Crippen LogP contribution in [0.5, 0.6) is 5.75 Å². The minimum Gasteiger partial charge on any atom is -0.481 e. The summed E-state index contributed by atoms with van der Waals surface area (Å²) in [5, 5.41) is 0.757. The highest BCUT2D eigenvalue weighted by molar-refractivity contribution is 6.31. The summed E-state index contributed by atoms with van der Waals surface area (Å²) in [6, 6.07) is 9.43. The SMILES string of the molecule is CCc1cc(OC(CN)c2ccc(C)o2)ccc1Cl. The van der Waals surface area contributed by atoms with Crippen LogP contribution in [0.25, 0.3) is 0 Å². The third-order valence-electron chi connectivity index (χ3n) is 2.97. The Kier molecular flexibility index (Phi) is 4.51. The van der Waals surface area contributed by atoms with Crippen LogP contribution in [-0.4, -0.2) is 6.54 Å². The highest BCUT2D eigenvalue weighted by atomic mass is 35.5. The number of aryl methyl sites for hydroxylation is 2. The van der Waals surface area contributed by atoms with Crippen LogP contribution in [0, 0.1) is 6.92 Å². The predicted octanol–water partition coefficient (Wildman–Crippen LogP) is 3.88. The number of rotatable bonds is 5. The molecule has 0 spiro atoms. The summed E-state index contributed by atoms with van der Waals surface area (Å²) in [6.45, 7) is 4.31. The van der Waals surface area contributed by atoms with E-state index in [9.17, 15) is 0 Å². The van der Waals surface area contributed by atoms with Crippen LogP contribution in [0.3, 0.4) is 0 Å². The third-order valence-corrected chi connectivity index (χ3v) is 3.34. The first kappa shape index (κ1) is 14.0. The number of hydrogen-bond acceptors (Lipinski definition) is 3. The van der Waals surface area contributed by atoms with Gasteiger partial charge in [-0.1, -0.05) is 18.5 Å². The van der Waals surface area contributed by atoms with Crippen molar-refractivity contribution in [2.75, 3.05) is 6.54 Å². The van der Waals surface area contributed by atoms with Crippen LogP contribution in [0.15, 0.2) is 34.7 Å². The van der Waals surface area contributed by atoms with Gasteiger partial charge in [0.25, 0.3) is 0 Å². The van der Waals surface area contributed by atoms with E-state index in [4.69, 9.17) is 26.5 Å². The van der Waals surface area contributed by atoms with Gasteiger partial charge in [0.05, 0.1) is 0 Å². The van der Waals surface area contributed by atoms with Gasteiger partial charge in [-0.2, -0.15) is 0 Å². The Bertz CT molecular complexity index is 551. The van der Waals surface area contributed by atoms with Gasteiger partial charge in [0.2, 0.25) is 0 Å². The zero-order chi connectivity index (χ0) is 13.8. The molecule has 0 radical (unpaired) electrons. The molecule has 19 heavy (non-hydrogen) atoms. The molecule has 1 heterocycles. The molecule has 3 nitrogen and oxygen atoms in total. The van der Waals surface area contributed by atoms with Gasteiger partial charge >= 0.3 is 0 Å². The van der Waals surface area contributed by atoms with Gasteiger partial charge < -0.3 is 14.9 Å². The van der Waals surface area contributed by atoms with Crippen molar-refractivity contribution in [3.63, 3.8) is 0 Å². The molecule has 0 bridgehead atoms. The zero-order valence-corrected chi connectivity index (χ0v) is 11.9. The van der Waals surface area contributed by atoms with Gasteiger partial charge in [-0.05, 0) is 49.2 Å². The van der Waals surface area contributed by atoms with Crippen LogP contribution in [0.1, 0.15) is 30.1 Å². The molecule has 1 aromatic carbocycles. The quantitative estimate of drug-likeness (QED) is 0.903. The summed E-state index contributed by atoms with van der Waals surface area (Å²) >= 11 is 6.09. The maximum absolute atomic E-state index is 6.09. The van der Waals surface area contributed by atoms with Crippen molar-refractivity contribution in [1.29, 1.82) is 0 Å². The van der Waals surface area contributed by atoms with Gasteiger partial charge in [-0.15, -0.1) is 0 Å². The van der Waals surface area contributed by atoms with Gasteiger partial charge in [-0.25, -0.2) is 0 Å². The number of furan rings is 1. The molecular formula is C15H18ClNO2. The second-order valence-electron chi connectivity index (χ2n) is 4.40. The van der Waals surface area contributed by atoms with E-state index in [0.717, 1.165) is 34.3 Å². The maximum Gasteiger partial charge on any atom is 0.168 e. The topological polar surface area (TPSA) is 48.4 Å². The number of ether oxygens (including phenoxy) is 1. The molecule has 2 N–H and O–H groups in total. The second-order valence-corrected chi connectivity index (χ2v) is 4.80. The normalized spacial score (nSPS) is 12.4. The first-order chi connectivity index (χ1) is 9.13. The molecule has 0 amide bonds. The number of hydrogen-bond donors (Lipinski definition) is 1. The molecule has 0 aliphatic carbocycles. The Balaban J connectivity index is 2.18. The van der Waals surface area contributed by atoms with Crippen molar-refractivity contribution in [3.05, 3.63) is 52.4 Å². The first-order valence-electron chi connectivity index (χ1n) is 6.35. The van der Waals surface area contributed by atoms with E-state index in [2.05, 4.69) is 6.92 Å². The van der Waals surface area contributed by atoms with Crippen LogP contribution in [0.4, 0.5) is 0 Å². The minimum atomic E-state index is -0.278. The van der Waals surface area contributed by atoms with E-state index in [1.807, 2.05) is 37.3 Å². The minimum absolute atomic E-state index is 0.278. The van der Waals surface area contributed by atoms with Crippen LogP contribution in [-0.2, 0) is 6.42 Å². The predicted molar refractivity (Wildman–Crippen MR) is 76.7 cm³/mol. The highest BCUT2D eigenvalue weighted by Gasteiger charge is 2.15. The Hall–Kier alpha value is -1.45. The van der Waals surface area contributed by atoms with Crippen LogP contribution in [0.2, 0.25) is 5.02 Å². The molecule has 1 unspecified atom stereocenters. The number of halogens is 1. The maximum atomic E-state index is 6.09. The van der Waals surface area contributed by atoms with Crippen molar-refractivity contribution >= 4 is 11.6 Å². The summed E-state index contributed by atoms with van der Waals surface area (Å²) in [4.78, 5) is 0. The largest absolute Gasteiger partial charge is 0.481 e. The molecule has 2 aromatic rings. The van der Waals surface area contributed by atoms with Gasteiger partial charge in [-0.3, -0.25) is 0 Å². The van der Waals surface area contributed by atoms with E-state index in [1.54, 1.807) is 0 Å². The lowest BCUT2D eigenvalue weighted by atomic mass is 10.1. The van der Waals surface area contributed by atoms with E-state index in [-0.39, 0.29) is 6.10 Å². The van der Waals surface area contributed by atoms with Crippen LogP contribution >= 0.6 is 11.6 Å². The molecule has 0 saturated carbocycles. The van der Waals surface area contributed by atoms with Gasteiger partial charge in [0.15, 0.2) is 6.10 Å². The summed E-state index contributed by atoms with van der Waals surface area (Å²) in [5.41, 5.74) is 6.81. The van der Waals surface area contributed by atoms with E-state index >= 15 is 0 Å². The molecule has 0 saturated heterocycles. The molecule has 0 aliphatic rings. The Morgan fingerprint density at radius 3 is 2.68 bits per heavy atom. The summed E-state index contributed by atoms with van der Waals surface area (Å²) < 4.78 is 11.4. The van der Waals surface area contributed by atoms with Crippen molar-refractivity contribution in [2.24, 2.45) is 5.73 Å². The van der Waals surface area contributed by atoms with Gasteiger partial charge in [0.1, 0.15) is 17.3 Å². The second kappa shape index (κ2) is 6.13. The number of benzene rings is 1. The average Bonchev–Trinajstić information content (AvgIpc) is 2.84. The fraction of sp³-hybridized carbons (Fsp3) is 0.333. The van der Waals surface area contributed by atoms with Crippen molar-refractivity contribution in [2.45, 2.75) is 26.4 Å². The lowest BCUT2D eigenvalue weighted by molar-refractivity contribution is 0.182. The highest BCUT2D eigenvalue weighted by Crippen LogP contribution is 2.27. The first-order valence-corrected chi connectivity index (χ1v) is 6.73. The van der Waals surface area contributed by atoms with Crippen molar-refractivity contribution in [3.8, 4) is 5.75 Å². The zero-order valence-electron chi connectivity index (χ0n) is 11.2. The van der Waals surface area contributed by atoms with E-state index in [0.29, 0.717) is 6.54 Å². The average molecular weight is 280 g/mol. The summed E-state index contributed by atoms with van der Waals surface area (Å²) in [6.07, 6.45) is 0.586. The number of nitrogens with two attached hydrogens (primary N) is 1. The molecule has 0 aliphatic heterocycles. The molecule has 1 aromatic heterocycles. The monoisotopic (exact) mass is 279 g/mol. The Labute approximate surface area is 118 Å². The van der Waals surface area contributed by atoms with Crippen molar-refractivity contribution in [1.82, 2.24) is 0 Å². The van der Waals surface area contributed by atoms with Gasteiger partial charge in [0, 0.05) is 11.6 Å². The van der Waals surface area contributed by atoms with Crippen LogP contribution < -0.4 is 10.5 Å². The lowest BCUT2D eigenvalue weighted by Crippen LogP contribution is -2.18. The fourth-order valence-corrected chi connectivity index (χ4v) is 2.16. The standard InChI is InChI=1S/C15H18ClNO2/c1-3-11-8-12(5-6-13(11)16)19-15(9-17)14-7-4-10(2)18-14/h4-8,15H,3,9,17H2,1-2H3. The molecular weight excluding hydrogens is 262 g/mol. The Morgan fingerprint density at radius 2 is 2.11 bits per heavy atom. The molecule has 4 heteroatoms. The fourth-order valence-electron chi connectivity index (χ4n) is 1.91. The molecule has 1 atom stereocenters. The van der Waals surface area contributed by atoms with Crippen molar-refractivity contribution < 1.29 is 9.15 Å². The van der Waals surface area contributed by atoms with E-state index in [1.165, 1.54) is 0 Å². The lowest BCUT2D eigenvalue weighted by Gasteiger charge is -2.16. The molecule has 2 rings (SSSR count). The summed E-state index contributed by atoms with van der Waals surface area (Å²) in [5.74, 6) is 2.35.